The molecule has 0 saturated carbocycles. The van der Waals surface area contributed by atoms with Gasteiger partial charge in [-0.15, -0.1) is 0 Å². The predicted molar refractivity (Wildman–Crippen MR) is 123 cm³/mol. The van der Waals surface area contributed by atoms with Crippen molar-refractivity contribution in [3.8, 4) is 16.9 Å². The van der Waals surface area contributed by atoms with E-state index in [0.717, 1.165) is 24.3 Å². The Bertz CT molecular complexity index is 1100. The minimum atomic E-state index is 0. The molecule has 0 fully saturated rings. The zero-order valence-corrected chi connectivity index (χ0v) is 19.4. The van der Waals surface area contributed by atoms with Crippen molar-refractivity contribution in [2.24, 2.45) is 0 Å². The van der Waals surface area contributed by atoms with Crippen molar-refractivity contribution < 1.29 is 31.1 Å². The Hall–Kier alpha value is -3.24. The second-order valence-corrected chi connectivity index (χ2v) is 7.50. The van der Waals surface area contributed by atoms with Crippen LogP contribution >= 0.6 is 0 Å². The normalized spacial score (nSPS) is 10.2. The Morgan fingerprint density at radius 3 is 1.97 bits per heavy atom. The fourth-order valence-corrected chi connectivity index (χ4v) is 3.49. The lowest BCUT2D eigenvalue weighted by atomic mass is 10.0. The first kappa shape index (κ1) is 23.4. The van der Waals surface area contributed by atoms with Gasteiger partial charge in [-0.25, -0.2) is 4.57 Å². The van der Waals surface area contributed by atoms with E-state index in [1.165, 1.54) is 11.1 Å². The number of hydrogen-bond donors (Lipinski definition) is 0. The van der Waals surface area contributed by atoms with Gasteiger partial charge in [0.25, 0.3) is 0 Å². The quantitative estimate of drug-likeness (QED) is 0.206. The third-order valence-corrected chi connectivity index (χ3v) is 5.21. The number of benzene rings is 3. The lowest BCUT2D eigenvalue weighted by molar-refractivity contribution is -0.697. The molecule has 0 amide bonds. The Balaban J connectivity index is 0.00000289. The topological polar surface area (TPSA) is 30.2 Å². The molecule has 3 aromatic carbocycles. The molecule has 0 atom stereocenters. The van der Waals surface area contributed by atoms with Gasteiger partial charge in [0.05, 0.1) is 6.61 Å². The number of ether oxygens (including phenoxy) is 1. The number of carbonyl (C=O) groups excluding carboxylic acids is 1. The number of halogens is 1. The lowest BCUT2D eigenvalue weighted by Gasteiger charge is -2.07. The monoisotopic (exact) mass is 487 g/mol. The largest absolute Gasteiger partial charge is 1.00 e. The van der Waals surface area contributed by atoms with E-state index < -0.39 is 0 Å². The Morgan fingerprint density at radius 2 is 1.31 bits per heavy atom. The van der Waals surface area contributed by atoms with Gasteiger partial charge in [0.15, 0.2) is 24.7 Å². The SMILES string of the molecule is O=C(Cc1ccccc1)c1ccc(OCCC[n+]2ccc(-c3ccccc3)cc2)cc1.[Br-]. The number of pyridine rings is 1. The van der Waals surface area contributed by atoms with E-state index in [-0.39, 0.29) is 22.8 Å². The van der Waals surface area contributed by atoms with Gasteiger partial charge in [-0.05, 0) is 41.0 Å². The highest BCUT2D eigenvalue weighted by atomic mass is 79.9. The van der Waals surface area contributed by atoms with E-state index in [4.69, 9.17) is 4.74 Å². The second-order valence-electron chi connectivity index (χ2n) is 7.50. The average molecular weight is 488 g/mol. The molecule has 0 bridgehead atoms. The van der Waals surface area contributed by atoms with Crippen molar-refractivity contribution in [3.63, 3.8) is 0 Å². The standard InChI is InChI=1S/C28H26NO2.BrH/c30-28(22-23-8-3-1-4-9-23)26-12-14-27(15-13-26)31-21-7-18-29-19-16-25(17-20-29)24-10-5-2-6-11-24;/h1-6,8-17,19-20H,7,18,21-22H2;1H/q+1;/p-1. The van der Waals surface area contributed by atoms with Crippen LogP contribution in [-0.4, -0.2) is 12.4 Å². The number of nitrogens with zero attached hydrogens (tertiary/aromatic N) is 1. The van der Waals surface area contributed by atoms with Crippen LogP contribution in [0.3, 0.4) is 0 Å². The molecule has 4 aromatic rings. The summed E-state index contributed by atoms with van der Waals surface area (Å²) in [5.41, 5.74) is 4.19. The first-order chi connectivity index (χ1) is 15.3. The maximum atomic E-state index is 12.4. The van der Waals surface area contributed by atoms with Crippen LogP contribution < -0.4 is 26.3 Å². The summed E-state index contributed by atoms with van der Waals surface area (Å²) in [7, 11) is 0. The van der Waals surface area contributed by atoms with Crippen LogP contribution in [-0.2, 0) is 13.0 Å². The number of ketones is 1. The van der Waals surface area contributed by atoms with E-state index in [2.05, 4.69) is 53.4 Å². The molecule has 0 radical (unpaired) electrons. The van der Waals surface area contributed by atoms with Crippen LogP contribution in [0, 0.1) is 0 Å². The number of carbonyl (C=O) groups is 1. The molecule has 4 heteroatoms. The van der Waals surface area contributed by atoms with E-state index in [1.54, 1.807) is 0 Å². The van der Waals surface area contributed by atoms with Gasteiger partial charge in [0.2, 0.25) is 0 Å². The fourth-order valence-electron chi connectivity index (χ4n) is 3.49. The van der Waals surface area contributed by atoms with Crippen LogP contribution in [0.5, 0.6) is 5.75 Å². The summed E-state index contributed by atoms with van der Waals surface area (Å²) in [6.07, 6.45) is 5.54. The van der Waals surface area contributed by atoms with E-state index >= 15 is 0 Å². The highest BCUT2D eigenvalue weighted by Crippen LogP contribution is 2.17. The molecule has 0 aliphatic heterocycles. The Morgan fingerprint density at radius 1 is 0.719 bits per heavy atom. The zero-order chi connectivity index (χ0) is 21.3. The molecule has 4 rings (SSSR count). The van der Waals surface area contributed by atoms with E-state index in [9.17, 15) is 4.79 Å². The first-order valence-electron chi connectivity index (χ1n) is 10.6. The van der Waals surface area contributed by atoms with E-state index in [1.807, 2.05) is 60.7 Å². The molecular formula is C28H26BrNO2. The smallest absolute Gasteiger partial charge is 0.169 e. The van der Waals surface area contributed by atoms with Crippen LogP contribution in [0.2, 0.25) is 0 Å². The second kappa shape index (κ2) is 12.0. The van der Waals surface area contributed by atoms with Crippen molar-refractivity contribution in [2.75, 3.05) is 6.61 Å². The summed E-state index contributed by atoms with van der Waals surface area (Å²) < 4.78 is 8.02. The minimum Gasteiger partial charge on any atom is -1.00 e. The van der Waals surface area contributed by atoms with E-state index in [0.29, 0.717) is 18.6 Å². The fraction of sp³-hybridized carbons (Fsp3) is 0.143. The van der Waals surface area contributed by atoms with Gasteiger partial charge < -0.3 is 21.7 Å². The third kappa shape index (κ3) is 6.63. The summed E-state index contributed by atoms with van der Waals surface area (Å²) in [6.45, 7) is 1.52. The predicted octanol–water partition coefficient (Wildman–Crippen LogP) is 2.54. The van der Waals surface area contributed by atoms with Crippen molar-refractivity contribution in [2.45, 2.75) is 19.4 Å². The first-order valence-corrected chi connectivity index (χ1v) is 10.6. The zero-order valence-electron chi connectivity index (χ0n) is 17.9. The van der Waals surface area contributed by atoms with Crippen LogP contribution in [0.25, 0.3) is 11.1 Å². The van der Waals surface area contributed by atoms with Gasteiger partial charge in [0, 0.05) is 30.5 Å². The number of aromatic nitrogens is 1. The molecular weight excluding hydrogens is 462 g/mol. The van der Waals surface area contributed by atoms with Crippen LogP contribution in [0.15, 0.2) is 109 Å². The summed E-state index contributed by atoms with van der Waals surface area (Å²) in [5, 5.41) is 0. The molecule has 1 aromatic heterocycles. The van der Waals surface area contributed by atoms with Crippen molar-refractivity contribution in [1.82, 2.24) is 0 Å². The number of hydrogen-bond acceptors (Lipinski definition) is 2. The molecule has 3 nitrogen and oxygen atoms in total. The molecule has 0 spiro atoms. The molecule has 0 unspecified atom stereocenters. The maximum Gasteiger partial charge on any atom is 0.169 e. The molecule has 0 N–H and O–H groups in total. The van der Waals surface area contributed by atoms with Crippen molar-refractivity contribution >= 4 is 5.78 Å². The molecule has 162 valence electrons. The highest BCUT2D eigenvalue weighted by molar-refractivity contribution is 5.97. The van der Waals surface area contributed by atoms with Gasteiger partial charge >= 0.3 is 0 Å². The summed E-state index contributed by atoms with van der Waals surface area (Å²) >= 11 is 0. The molecule has 1 heterocycles. The highest BCUT2D eigenvalue weighted by Gasteiger charge is 2.08. The Labute approximate surface area is 200 Å². The molecule has 0 saturated heterocycles. The molecule has 32 heavy (non-hydrogen) atoms. The summed E-state index contributed by atoms with van der Waals surface area (Å²) in [4.78, 5) is 12.4. The summed E-state index contributed by atoms with van der Waals surface area (Å²) in [5.74, 6) is 0.911. The van der Waals surface area contributed by atoms with Gasteiger partial charge in [-0.1, -0.05) is 60.7 Å². The maximum absolute atomic E-state index is 12.4. The average Bonchev–Trinajstić information content (AvgIpc) is 2.84. The number of aryl methyl sites for hydroxylation is 1. The Kier molecular flexibility index (Phi) is 8.76. The number of Topliss-reactive ketones (excluding diaryl/α,β-unsaturated/α-hetero) is 1. The van der Waals surface area contributed by atoms with Crippen molar-refractivity contribution in [3.05, 3.63) is 121 Å². The van der Waals surface area contributed by atoms with Gasteiger partial charge in [0.1, 0.15) is 5.75 Å². The number of rotatable bonds is 9. The minimum absolute atomic E-state index is 0. The lowest BCUT2D eigenvalue weighted by Crippen LogP contribution is -3.00. The summed E-state index contributed by atoms with van der Waals surface area (Å²) in [6, 6.07) is 31.9. The van der Waals surface area contributed by atoms with Crippen molar-refractivity contribution in [1.29, 1.82) is 0 Å². The molecule has 0 aliphatic carbocycles. The van der Waals surface area contributed by atoms with Gasteiger partial charge in [-0.3, -0.25) is 4.79 Å². The van der Waals surface area contributed by atoms with Gasteiger partial charge in [-0.2, -0.15) is 0 Å². The van der Waals surface area contributed by atoms with Crippen LogP contribution in [0.4, 0.5) is 0 Å². The molecule has 0 aliphatic rings. The van der Waals surface area contributed by atoms with Crippen LogP contribution in [0.1, 0.15) is 22.3 Å². The third-order valence-electron chi connectivity index (χ3n) is 5.21.